The van der Waals surface area contributed by atoms with Crippen LogP contribution in [0.15, 0.2) is 12.2 Å². The van der Waals surface area contributed by atoms with E-state index in [1.54, 1.807) is 0 Å². The number of urea groups is 1. The predicted octanol–water partition coefficient (Wildman–Crippen LogP) is 3.48. The Morgan fingerprint density at radius 3 is 2.48 bits per heavy atom. The Hall–Kier alpha value is -1.03. The third kappa shape index (κ3) is 3.28. The molecule has 4 rings (SSSR count). The number of hydrogen-bond acceptors (Lipinski definition) is 2. The highest BCUT2D eigenvalue weighted by atomic mass is 16.5. The fourth-order valence-electron chi connectivity index (χ4n) is 5.14. The highest BCUT2D eigenvalue weighted by Crippen LogP contribution is 2.39. The van der Waals surface area contributed by atoms with Crippen LogP contribution in [0.4, 0.5) is 4.79 Å². The lowest BCUT2D eigenvalue weighted by Gasteiger charge is -2.43. The molecule has 2 aliphatic heterocycles. The summed E-state index contributed by atoms with van der Waals surface area (Å²) >= 11 is 0. The summed E-state index contributed by atoms with van der Waals surface area (Å²) in [4.78, 5) is 14.7. The minimum absolute atomic E-state index is 0.0668. The molecule has 0 unspecified atom stereocenters. The Bertz CT molecular complexity index is 448. The van der Waals surface area contributed by atoms with E-state index < -0.39 is 0 Å². The van der Waals surface area contributed by atoms with E-state index in [1.165, 1.54) is 32.1 Å². The Labute approximate surface area is 139 Å². The third-order valence-corrected chi connectivity index (χ3v) is 6.49. The number of hydrogen-bond donors (Lipinski definition) is 1. The summed E-state index contributed by atoms with van der Waals surface area (Å²) in [5, 5.41) is 3.33. The van der Waals surface area contributed by atoms with Gasteiger partial charge < -0.3 is 15.0 Å². The van der Waals surface area contributed by atoms with Crippen LogP contribution in [0.1, 0.15) is 57.8 Å². The average Bonchev–Trinajstić information content (AvgIpc) is 3.00. The van der Waals surface area contributed by atoms with Crippen LogP contribution in [0, 0.1) is 11.8 Å². The summed E-state index contributed by atoms with van der Waals surface area (Å²) in [6, 6.07) is 0.465. The first-order valence-electron chi connectivity index (χ1n) is 9.58. The van der Waals surface area contributed by atoms with Gasteiger partial charge in [-0.3, -0.25) is 0 Å². The zero-order chi connectivity index (χ0) is 15.7. The van der Waals surface area contributed by atoms with Gasteiger partial charge in [-0.1, -0.05) is 31.4 Å². The van der Waals surface area contributed by atoms with E-state index in [0.717, 1.165) is 45.4 Å². The molecule has 23 heavy (non-hydrogen) atoms. The molecule has 1 N–H and O–H groups in total. The molecule has 3 fully saturated rings. The fourth-order valence-corrected chi connectivity index (χ4v) is 5.14. The molecule has 2 heterocycles. The lowest BCUT2D eigenvalue weighted by atomic mass is 9.78. The highest BCUT2D eigenvalue weighted by Gasteiger charge is 2.40. The SMILES string of the molecule is O=C(N[C@@H]1CCOC2(CCCCC2)C1)N1C[C@H]2CC=CC[C@H]2C1. The molecule has 2 saturated heterocycles. The molecule has 0 aromatic carbocycles. The van der Waals surface area contributed by atoms with E-state index in [-0.39, 0.29) is 11.6 Å². The van der Waals surface area contributed by atoms with Crippen molar-refractivity contribution in [1.29, 1.82) is 0 Å². The Balaban J connectivity index is 1.32. The van der Waals surface area contributed by atoms with Crippen LogP contribution in [0.5, 0.6) is 0 Å². The monoisotopic (exact) mass is 318 g/mol. The number of carbonyl (C=O) groups excluding carboxylic acids is 1. The van der Waals surface area contributed by atoms with E-state index in [1.807, 2.05) is 0 Å². The Morgan fingerprint density at radius 2 is 1.78 bits per heavy atom. The second-order valence-electron chi connectivity index (χ2n) is 8.10. The van der Waals surface area contributed by atoms with Crippen LogP contribution in [0.25, 0.3) is 0 Å². The number of nitrogens with zero attached hydrogens (tertiary/aromatic N) is 1. The van der Waals surface area contributed by atoms with Gasteiger partial charge in [0.2, 0.25) is 0 Å². The molecule has 1 saturated carbocycles. The molecule has 4 aliphatic rings. The molecular formula is C19H30N2O2. The van der Waals surface area contributed by atoms with Crippen molar-refractivity contribution >= 4 is 6.03 Å². The number of rotatable bonds is 1. The zero-order valence-electron chi connectivity index (χ0n) is 14.1. The van der Waals surface area contributed by atoms with E-state index in [4.69, 9.17) is 4.74 Å². The number of amides is 2. The van der Waals surface area contributed by atoms with Crippen molar-refractivity contribution in [2.75, 3.05) is 19.7 Å². The Morgan fingerprint density at radius 1 is 1.09 bits per heavy atom. The van der Waals surface area contributed by atoms with Gasteiger partial charge >= 0.3 is 6.03 Å². The van der Waals surface area contributed by atoms with Crippen LogP contribution in [-0.4, -0.2) is 42.3 Å². The first kappa shape index (κ1) is 15.5. The van der Waals surface area contributed by atoms with Gasteiger partial charge in [0.1, 0.15) is 0 Å². The molecule has 0 bridgehead atoms. The molecule has 4 heteroatoms. The summed E-state index contributed by atoms with van der Waals surface area (Å²) in [5.74, 6) is 1.37. The van der Waals surface area contributed by atoms with Gasteiger partial charge in [-0.25, -0.2) is 4.79 Å². The number of ether oxygens (including phenoxy) is 1. The normalized spacial score (nSPS) is 36.0. The van der Waals surface area contributed by atoms with Crippen LogP contribution in [0.2, 0.25) is 0 Å². The van der Waals surface area contributed by atoms with Gasteiger partial charge in [-0.05, 0) is 50.4 Å². The first-order chi connectivity index (χ1) is 11.2. The molecule has 3 atom stereocenters. The van der Waals surface area contributed by atoms with Gasteiger partial charge in [0.25, 0.3) is 0 Å². The minimum atomic E-state index is 0.0668. The summed E-state index contributed by atoms with van der Waals surface area (Å²) in [5.41, 5.74) is 0.0668. The molecule has 0 aromatic heterocycles. The number of likely N-dealkylation sites (tertiary alicyclic amines) is 1. The second kappa shape index (κ2) is 6.46. The van der Waals surface area contributed by atoms with Crippen molar-refractivity contribution in [1.82, 2.24) is 10.2 Å². The van der Waals surface area contributed by atoms with Gasteiger partial charge in [0, 0.05) is 25.7 Å². The predicted molar refractivity (Wildman–Crippen MR) is 90.2 cm³/mol. The summed E-state index contributed by atoms with van der Waals surface area (Å²) in [7, 11) is 0. The van der Waals surface area contributed by atoms with Gasteiger partial charge in [0.15, 0.2) is 0 Å². The first-order valence-corrected chi connectivity index (χ1v) is 9.58. The van der Waals surface area contributed by atoms with E-state index >= 15 is 0 Å². The van der Waals surface area contributed by atoms with Crippen molar-refractivity contribution in [3.8, 4) is 0 Å². The standard InChI is InChI=1S/C19H30N2O2/c22-18(21-13-15-6-2-3-7-16(15)14-21)20-17-8-11-23-19(12-17)9-4-1-5-10-19/h2-3,15-17H,1,4-14H2,(H,20,22)/t15-,16+,17-/m1/s1. The molecule has 2 amide bonds. The quantitative estimate of drug-likeness (QED) is 0.752. The van der Waals surface area contributed by atoms with Crippen molar-refractivity contribution in [3.63, 3.8) is 0 Å². The lowest BCUT2D eigenvalue weighted by molar-refractivity contribution is -0.108. The zero-order valence-corrected chi connectivity index (χ0v) is 14.1. The van der Waals surface area contributed by atoms with E-state index in [0.29, 0.717) is 17.9 Å². The van der Waals surface area contributed by atoms with Crippen molar-refractivity contribution in [2.45, 2.75) is 69.4 Å². The number of carbonyl (C=O) groups is 1. The van der Waals surface area contributed by atoms with Gasteiger partial charge in [-0.15, -0.1) is 0 Å². The summed E-state index contributed by atoms with van der Waals surface area (Å²) in [6.45, 7) is 2.69. The van der Waals surface area contributed by atoms with Crippen LogP contribution >= 0.6 is 0 Å². The van der Waals surface area contributed by atoms with Crippen molar-refractivity contribution in [2.24, 2.45) is 11.8 Å². The van der Waals surface area contributed by atoms with Crippen LogP contribution in [0.3, 0.4) is 0 Å². The Kier molecular flexibility index (Phi) is 4.35. The molecule has 128 valence electrons. The van der Waals surface area contributed by atoms with Crippen LogP contribution in [-0.2, 0) is 4.74 Å². The van der Waals surface area contributed by atoms with Crippen molar-refractivity contribution in [3.05, 3.63) is 12.2 Å². The van der Waals surface area contributed by atoms with Gasteiger partial charge in [-0.2, -0.15) is 0 Å². The maximum atomic E-state index is 12.7. The van der Waals surface area contributed by atoms with Crippen molar-refractivity contribution < 1.29 is 9.53 Å². The van der Waals surface area contributed by atoms with Gasteiger partial charge in [0.05, 0.1) is 5.60 Å². The minimum Gasteiger partial charge on any atom is -0.375 e. The number of nitrogens with one attached hydrogen (secondary N) is 1. The lowest BCUT2D eigenvalue weighted by Crippen LogP contribution is -2.52. The smallest absolute Gasteiger partial charge is 0.317 e. The molecule has 2 aliphatic carbocycles. The molecule has 0 aromatic rings. The molecule has 1 spiro atoms. The van der Waals surface area contributed by atoms with Crippen LogP contribution < -0.4 is 5.32 Å². The fraction of sp³-hybridized carbons (Fsp3) is 0.842. The molecule has 0 radical (unpaired) electrons. The number of allylic oxidation sites excluding steroid dienone is 2. The maximum Gasteiger partial charge on any atom is 0.317 e. The van der Waals surface area contributed by atoms with E-state index in [2.05, 4.69) is 22.4 Å². The second-order valence-corrected chi connectivity index (χ2v) is 8.10. The van der Waals surface area contributed by atoms with E-state index in [9.17, 15) is 4.79 Å². The molecular weight excluding hydrogens is 288 g/mol. The number of fused-ring (bicyclic) bond motifs is 1. The third-order valence-electron chi connectivity index (χ3n) is 6.49. The molecule has 4 nitrogen and oxygen atoms in total. The average molecular weight is 318 g/mol. The summed E-state index contributed by atoms with van der Waals surface area (Å²) < 4.78 is 6.15. The topological polar surface area (TPSA) is 41.6 Å². The highest BCUT2D eigenvalue weighted by molar-refractivity contribution is 5.75. The largest absolute Gasteiger partial charge is 0.375 e. The maximum absolute atomic E-state index is 12.7. The summed E-state index contributed by atoms with van der Waals surface area (Å²) in [6.07, 6.45) is 15.1.